The number of hydrogen-bond donors (Lipinski definition) is 2. The van der Waals surface area contributed by atoms with Gasteiger partial charge in [0.25, 0.3) is 11.8 Å². The summed E-state index contributed by atoms with van der Waals surface area (Å²) in [6.45, 7) is 5.57. The van der Waals surface area contributed by atoms with Crippen LogP contribution in [0.25, 0.3) is 6.08 Å². The molecule has 3 aromatic carbocycles. The van der Waals surface area contributed by atoms with Crippen molar-refractivity contribution in [3.05, 3.63) is 93.0 Å². The van der Waals surface area contributed by atoms with Gasteiger partial charge in [0.1, 0.15) is 17.4 Å². The van der Waals surface area contributed by atoms with Crippen LogP contribution in [0.15, 0.2) is 70.7 Å². The fraction of sp³-hybridized carbons (Fsp3) is 0.148. The van der Waals surface area contributed by atoms with Crippen LogP contribution in [0.4, 0.5) is 11.4 Å². The molecular formula is C27H24BrN3O3. The summed E-state index contributed by atoms with van der Waals surface area (Å²) in [5.74, 6) is -0.483. The van der Waals surface area contributed by atoms with Crippen molar-refractivity contribution in [3.8, 4) is 11.8 Å². The number of hydrogen-bond acceptors (Lipinski definition) is 4. The molecule has 0 bridgehead atoms. The first-order valence-electron chi connectivity index (χ1n) is 10.5. The van der Waals surface area contributed by atoms with E-state index in [9.17, 15) is 14.9 Å². The smallest absolute Gasteiger partial charge is 0.266 e. The molecule has 0 aliphatic carbocycles. The largest absolute Gasteiger partial charge is 0.483 e. The average Bonchev–Trinajstić information content (AvgIpc) is 2.78. The number of aryl methyl sites for hydroxylation is 3. The van der Waals surface area contributed by atoms with Crippen LogP contribution in [0.1, 0.15) is 22.3 Å². The van der Waals surface area contributed by atoms with E-state index >= 15 is 0 Å². The Kier molecular flexibility index (Phi) is 8.23. The van der Waals surface area contributed by atoms with Crippen molar-refractivity contribution in [3.63, 3.8) is 0 Å². The highest BCUT2D eigenvalue weighted by Gasteiger charge is 2.14. The van der Waals surface area contributed by atoms with E-state index in [1.165, 1.54) is 6.08 Å². The van der Waals surface area contributed by atoms with Gasteiger partial charge in [-0.2, -0.15) is 5.26 Å². The third-order valence-electron chi connectivity index (χ3n) is 4.93. The van der Waals surface area contributed by atoms with Crippen molar-refractivity contribution in [1.29, 1.82) is 5.26 Å². The minimum absolute atomic E-state index is 0.0906. The van der Waals surface area contributed by atoms with Crippen molar-refractivity contribution in [2.75, 3.05) is 17.2 Å². The number of nitriles is 1. The van der Waals surface area contributed by atoms with Gasteiger partial charge in [0.05, 0.1) is 0 Å². The van der Waals surface area contributed by atoms with Crippen LogP contribution in [0.3, 0.4) is 0 Å². The predicted molar refractivity (Wildman–Crippen MR) is 138 cm³/mol. The van der Waals surface area contributed by atoms with E-state index < -0.39 is 5.91 Å². The van der Waals surface area contributed by atoms with Gasteiger partial charge in [-0.15, -0.1) is 0 Å². The Bertz CT molecular complexity index is 1310. The fourth-order valence-corrected chi connectivity index (χ4v) is 3.65. The molecule has 34 heavy (non-hydrogen) atoms. The van der Waals surface area contributed by atoms with E-state index in [-0.39, 0.29) is 18.1 Å². The van der Waals surface area contributed by atoms with Crippen molar-refractivity contribution in [1.82, 2.24) is 0 Å². The molecule has 6 nitrogen and oxygen atoms in total. The summed E-state index contributed by atoms with van der Waals surface area (Å²) in [6, 6.07) is 20.2. The Morgan fingerprint density at radius 1 is 1.00 bits per heavy atom. The lowest BCUT2D eigenvalue weighted by Gasteiger charge is -2.12. The lowest BCUT2D eigenvalue weighted by atomic mass is 10.1. The second kappa shape index (κ2) is 11.3. The van der Waals surface area contributed by atoms with E-state index in [4.69, 9.17) is 4.74 Å². The molecule has 172 valence electrons. The second-order valence-corrected chi connectivity index (χ2v) is 8.75. The molecule has 0 saturated carbocycles. The highest BCUT2D eigenvalue weighted by molar-refractivity contribution is 9.10. The predicted octanol–water partition coefficient (Wildman–Crippen LogP) is 5.94. The molecule has 0 aliphatic rings. The minimum atomic E-state index is -0.530. The van der Waals surface area contributed by atoms with Crippen LogP contribution in [-0.4, -0.2) is 18.4 Å². The average molecular weight is 518 g/mol. The molecule has 0 radical (unpaired) electrons. The first-order valence-corrected chi connectivity index (χ1v) is 11.3. The molecule has 0 unspecified atom stereocenters. The third-order valence-corrected chi connectivity index (χ3v) is 5.42. The van der Waals surface area contributed by atoms with Crippen LogP contribution in [0, 0.1) is 32.1 Å². The zero-order valence-electron chi connectivity index (χ0n) is 19.1. The lowest BCUT2D eigenvalue weighted by molar-refractivity contribution is -0.118. The van der Waals surface area contributed by atoms with Gasteiger partial charge in [-0.1, -0.05) is 45.8 Å². The van der Waals surface area contributed by atoms with Crippen molar-refractivity contribution in [2.24, 2.45) is 0 Å². The van der Waals surface area contributed by atoms with Crippen molar-refractivity contribution < 1.29 is 14.3 Å². The Hall–Kier alpha value is -3.89. The molecule has 0 fully saturated rings. The van der Waals surface area contributed by atoms with Crippen LogP contribution in [-0.2, 0) is 9.59 Å². The Labute approximate surface area is 207 Å². The third kappa shape index (κ3) is 6.80. The molecule has 3 aromatic rings. The van der Waals surface area contributed by atoms with E-state index in [1.54, 1.807) is 30.3 Å². The summed E-state index contributed by atoms with van der Waals surface area (Å²) < 4.78 is 6.45. The van der Waals surface area contributed by atoms with Gasteiger partial charge in [-0.25, -0.2) is 0 Å². The normalized spacial score (nSPS) is 10.9. The number of nitrogens with zero attached hydrogens (tertiary/aromatic N) is 1. The highest BCUT2D eigenvalue weighted by Crippen LogP contribution is 2.26. The molecule has 0 aromatic heterocycles. The Morgan fingerprint density at radius 3 is 2.47 bits per heavy atom. The number of benzene rings is 3. The maximum absolute atomic E-state index is 12.8. The van der Waals surface area contributed by atoms with Crippen LogP contribution < -0.4 is 15.4 Å². The monoisotopic (exact) mass is 517 g/mol. The SMILES string of the molecule is Cc1cccc(NC(=O)COc2ccc(Br)cc2/C=C(\C#N)C(=O)Nc2ccc(C)cc2C)c1. The van der Waals surface area contributed by atoms with Gasteiger partial charge in [0, 0.05) is 21.4 Å². The van der Waals surface area contributed by atoms with Crippen LogP contribution in [0.2, 0.25) is 0 Å². The zero-order valence-corrected chi connectivity index (χ0v) is 20.7. The first kappa shape index (κ1) is 24.7. The molecular weight excluding hydrogens is 494 g/mol. The molecule has 0 spiro atoms. The summed E-state index contributed by atoms with van der Waals surface area (Å²) in [6.07, 6.45) is 1.44. The maximum atomic E-state index is 12.8. The molecule has 0 atom stereocenters. The highest BCUT2D eigenvalue weighted by atomic mass is 79.9. The summed E-state index contributed by atoms with van der Waals surface area (Å²) in [5, 5.41) is 15.2. The minimum Gasteiger partial charge on any atom is -0.483 e. The summed E-state index contributed by atoms with van der Waals surface area (Å²) in [7, 11) is 0. The number of amides is 2. The lowest BCUT2D eigenvalue weighted by Crippen LogP contribution is -2.20. The van der Waals surface area contributed by atoms with Gasteiger partial charge in [-0.3, -0.25) is 9.59 Å². The van der Waals surface area contributed by atoms with Crippen molar-refractivity contribution >= 4 is 45.2 Å². The number of carbonyl (C=O) groups excluding carboxylic acids is 2. The van der Waals surface area contributed by atoms with Crippen molar-refractivity contribution in [2.45, 2.75) is 20.8 Å². The van der Waals surface area contributed by atoms with Crippen LogP contribution in [0.5, 0.6) is 5.75 Å². The Morgan fingerprint density at radius 2 is 1.76 bits per heavy atom. The van der Waals surface area contributed by atoms with Gasteiger partial charge < -0.3 is 15.4 Å². The fourth-order valence-electron chi connectivity index (χ4n) is 3.27. The number of anilines is 2. The summed E-state index contributed by atoms with van der Waals surface area (Å²) >= 11 is 3.40. The zero-order chi connectivity index (χ0) is 24.7. The molecule has 0 aliphatic heterocycles. The van der Waals surface area contributed by atoms with Crippen LogP contribution >= 0.6 is 15.9 Å². The standard InChI is InChI=1S/C27H24BrN3O3/c1-17-5-4-6-23(12-17)30-26(32)16-34-25-10-8-22(28)14-20(25)13-21(15-29)27(33)31-24-9-7-18(2)11-19(24)3/h4-14H,16H2,1-3H3,(H,30,32)(H,31,33)/b21-13+. The number of rotatable bonds is 7. The molecule has 2 N–H and O–H groups in total. The number of ether oxygens (including phenoxy) is 1. The molecule has 0 heterocycles. The number of carbonyl (C=O) groups is 2. The second-order valence-electron chi connectivity index (χ2n) is 7.83. The van der Waals surface area contributed by atoms with Gasteiger partial charge in [0.15, 0.2) is 6.61 Å². The molecule has 2 amide bonds. The van der Waals surface area contributed by atoms with Gasteiger partial charge >= 0.3 is 0 Å². The topological polar surface area (TPSA) is 91.2 Å². The van der Waals surface area contributed by atoms with E-state index in [0.717, 1.165) is 21.2 Å². The number of halogens is 1. The van der Waals surface area contributed by atoms with E-state index in [1.807, 2.05) is 57.2 Å². The van der Waals surface area contributed by atoms with Gasteiger partial charge in [-0.05, 0) is 74.4 Å². The van der Waals surface area contributed by atoms with Gasteiger partial charge in [0.2, 0.25) is 0 Å². The molecule has 7 heteroatoms. The maximum Gasteiger partial charge on any atom is 0.266 e. The molecule has 0 saturated heterocycles. The quantitative estimate of drug-likeness (QED) is 0.299. The Balaban J connectivity index is 1.76. The molecule has 3 rings (SSSR count). The first-order chi connectivity index (χ1) is 16.2. The summed E-state index contributed by atoms with van der Waals surface area (Å²) in [4.78, 5) is 25.1. The summed E-state index contributed by atoms with van der Waals surface area (Å²) in [5.41, 5.74) is 4.72. The number of nitrogens with one attached hydrogen (secondary N) is 2. The van der Waals surface area contributed by atoms with E-state index in [0.29, 0.717) is 22.7 Å². The van der Waals surface area contributed by atoms with E-state index in [2.05, 4.69) is 26.6 Å².